The molecule has 3 heteroatoms. The summed E-state index contributed by atoms with van der Waals surface area (Å²) in [5, 5.41) is 0. The van der Waals surface area contributed by atoms with E-state index in [0.29, 0.717) is 6.61 Å². The Bertz CT molecular complexity index is 483. The minimum atomic E-state index is 0.657. The predicted octanol–water partition coefficient (Wildman–Crippen LogP) is 2.85. The van der Waals surface area contributed by atoms with Crippen LogP contribution >= 0.6 is 0 Å². The molecule has 0 aliphatic carbocycles. The summed E-state index contributed by atoms with van der Waals surface area (Å²) in [5.74, 6) is 0.829. The van der Waals surface area contributed by atoms with Crippen LogP contribution in [0.25, 0.3) is 11.4 Å². The molecule has 0 N–H and O–H groups in total. The van der Waals surface area contributed by atoms with Crippen LogP contribution in [0.1, 0.15) is 12.5 Å². The van der Waals surface area contributed by atoms with Crippen LogP contribution < -0.4 is 4.74 Å². The Balaban J connectivity index is 2.36. The number of rotatable bonds is 3. The Labute approximate surface area is 95.1 Å². The van der Waals surface area contributed by atoms with Gasteiger partial charge >= 0.3 is 0 Å². The predicted molar refractivity (Wildman–Crippen MR) is 63.4 cm³/mol. The molecule has 0 atom stereocenters. The van der Waals surface area contributed by atoms with E-state index in [1.165, 1.54) is 5.56 Å². The number of pyridine rings is 2. The highest BCUT2D eigenvalue weighted by Gasteiger charge is 2.02. The summed E-state index contributed by atoms with van der Waals surface area (Å²) in [4.78, 5) is 8.58. The maximum absolute atomic E-state index is 5.43. The number of aromatic nitrogens is 2. The van der Waals surface area contributed by atoms with E-state index in [9.17, 15) is 0 Å². The molecule has 0 saturated heterocycles. The Morgan fingerprint density at radius 3 is 2.44 bits per heavy atom. The molecule has 2 heterocycles. The van der Waals surface area contributed by atoms with Crippen molar-refractivity contribution in [1.82, 2.24) is 9.97 Å². The Morgan fingerprint density at radius 2 is 1.75 bits per heavy atom. The van der Waals surface area contributed by atoms with Gasteiger partial charge in [0.1, 0.15) is 5.75 Å². The highest BCUT2D eigenvalue weighted by Crippen LogP contribution is 2.20. The highest BCUT2D eigenvalue weighted by molar-refractivity contribution is 5.56. The van der Waals surface area contributed by atoms with Crippen LogP contribution in [0.4, 0.5) is 0 Å². The summed E-state index contributed by atoms with van der Waals surface area (Å²) < 4.78 is 5.43. The third kappa shape index (κ3) is 2.37. The van der Waals surface area contributed by atoms with Gasteiger partial charge in [0.05, 0.1) is 18.0 Å². The average Bonchev–Trinajstić information content (AvgIpc) is 2.30. The first-order valence-electron chi connectivity index (χ1n) is 5.31. The fraction of sp³-hybridized carbons (Fsp3) is 0.231. The van der Waals surface area contributed by atoms with Gasteiger partial charge in [-0.1, -0.05) is 0 Å². The van der Waals surface area contributed by atoms with Crippen LogP contribution in [-0.4, -0.2) is 16.6 Å². The summed E-state index contributed by atoms with van der Waals surface area (Å²) in [5.41, 5.74) is 2.89. The van der Waals surface area contributed by atoms with Crippen LogP contribution in [-0.2, 0) is 0 Å². The van der Waals surface area contributed by atoms with Crippen molar-refractivity contribution >= 4 is 0 Å². The van der Waals surface area contributed by atoms with E-state index in [0.717, 1.165) is 17.1 Å². The first-order valence-corrected chi connectivity index (χ1v) is 5.31. The first-order chi connectivity index (χ1) is 7.79. The second-order valence-electron chi connectivity index (χ2n) is 3.53. The van der Waals surface area contributed by atoms with Crippen molar-refractivity contribution in [2.45, 2.75) is 13.8 Å². The maximum atomic E-state index is 5.43. The molecule has 2 aromatic rings. The van der Waals surface area contributed by atoms with Gasteiger partial charge in [-0.05, 0) is 37.6 Å². The third-order valence-corrected chi connectivity index (χ3v) is 2.22. The van der Waals surface area contributed by atoms with Gasteiger partial charge in [-0.3, -0.25) is 9.97 Å². The lowest BCUT2D eigenvalue weighted by atomic mass is 10.2. The van der Waals surface area contributed by atoms with Crippen molar-refractivity contribution in [2.24, 2.45) is 0 Å². The molecule has 0 bridgehead atoms. The molecular weight excluding hydrogens is 200 g/mol. The molecule has 0 fully saturated rings. The quantitative estimate of drug-likeness (QED) is 0.788. The van der Waals surface area contributed by atoms with Crippen molar-refractivity contribution < 1.29 is 4.74 Å². The van der Waals surface area contributed by atoms with Gasteiger partial charge in [-0.2, -0.15) is 0 Å². The minimum Gasteiger partial charge on any atom is -0.494 e. The van der Waals surface area contributed by atoms with E-state index in [1.54, 1.807) is 12.4 Å². The largest absolute Gasteiger partial charge is 0.494 e. The zero-order chi connectivity index (χ0) is 11.4. The van der Waals surface area contributed by atoms with Crippen molar-refractivity contribution in [3.05, 3.63) is 42.2 Å². The SMILES string of the molecule is CCOc1ccnc(-c2cc(C)ccn2)c1. The topological polar surface area (TPSA) is 35.0 Å². The molecule has 0 amide bonds. The minimum absolute atomic E-state index is 0.657. The van der Waals surface area contributed by atoms with E-state index in [1.807, 2.05) is 38.1 Å². The zero-order valence-corrected chi connectivity index (χ0v) is 9.47. The molecule has 0 aliphatic heterocycles. The van der Waals surface area contributed by atoms with Crippen molar-refractivity contribution in [1.29, 1.82) is 0 Å². The molecular formula is C13H14N2O. The van der Waals surface area contributed by atoms with Crippen molar-refractivity contribution in [2.75, 3.05) is 6.61 Å². The molecule has 2 rings (SSSR count). The van der Waals surface area contributed by atoms with Crippen LogP contribution in [0, 0.1) is 6.92 Å². The second kappa shape index (κ2) is 4.75. The molecule has 82 valence electrons. The molecule has 0 radical (unpaired) electrons. The fourth-order valence-corrected chi connectivity index (χ4v) is 1.48. The molecule has 3 nitrogen and oxygen atoms in total. The van der Waals surface area contributed by atoms with E-state index in [2.05, 4.69) is 9.97 Å². The fourth-order valence-electron chi connectivity index (χ4n) is 1.48. The Morgan fingerprint density at radius 1 is 1.06 bits per heavy atom. The summed E-state index contributed by atoms with van der Waals surface area (Å²) in [6, 6.07) is 7.74. The number of hydrogen-bond donors (Lipinski definition) is 0. The summed E-state index contributed by atoms with van der Waals surface area (Å²) >= 11 is 0. The standard InChI is InChI=1S/C13H14N2O/c1-3-16-11-5-7-15-13(9-11)12-8-10(2)4-6-14-12/h4-9H,3H2,1-2H3. The normalized spacial score (nSPS) is 10.1. The average molecular weight is 214 g/mol. The first kappa shape index (κ1) is 10.6. The summed E-state index contributed by atoms with van der Waals surface area (Å²) in [7, 11) is 0. The van der Waals surface area contributed by atoms with Crippen LogP contribution in [0.5, 0.6) is 5.75 Å². The molecule has 0 saturated carbocycles. The van der Waals surface area contributed by atoms with E-state index >= 15 is 0 Å². The van der Waals surface area contributed by atoms with Gasteiger partial charge in [0, 0.05) is 18.5 Å². The molecule has 16 heavy (non-hydrogen) atoms. The Hall–Kier alpha value is -1.90. The van der Waals surface area contributed by atoms with Gasteiger partial charge in [0.2, 0.25) is 0 Å². The number of hydrogen-bond acceptors (Lipinski definition) is 3. The molecule has 0 spiro atoms. The van der Waals surface area contributed by atoms with Gasteiger partial charge < -0.3 is 4.74 Å². The van der Waals surface area contributed by atoms with Crippen molar-refractivity contribution in [3.8, 4) is 17.1 Å². The van der Waals surface area contributed by atoms with Crippen LogP contribution in [0.3, 0.4) is 0 Å². The maximum Gasteiger partial charge on any atom is 0.123 e. The van der Waals surface area contributed by atoms with Gasteiger partial charge in [0.25, 0.3) is 0 Å². The smallest absolute Gasteiger partial charge is 0.123 e. The van der Waals surface area contributed by atoms with E-state index < -0.39 is 0 Å². The second-order valence-corrected chi connectivity index (χ2v) is 3.53. The monoisotopic (exact) mass is 214 g/mol. The molecule has 0 aromatic carbocycles. The van der Waals surface area contributed by atoms with Crippen LogP contribution in [0.15, 0.2) is 36.7 Å². The van der Waals surface area contributed by atoms with Crippen molar-refractivity contribution in [3.63, 3.8) is 0 Å². The lowest BCUT2D eigenvalue weighted by Gasteiger charge is -2.05. The summed E-state index contributed by atoms with van der Waals surface area (Å²) in [6.07, 6.45) is 3.53. The van der Waals surface area contributed by atoms with Gasteiger partial charge in [-0.25, -0.2) is 0 Å². The van der Waals surface area contributed by atoms with E-state index in [4.69, 9.17) is 4.74 Å². The highest BCUT2D eigenvalue weighted by atomic mass is 16.5. The summed E-state index contributed by atoms with van der Waals surface area (Å²) in [6.45, 7) is 4.66. The number of ether oxygens (including phenoxy) is 1. The van der Waals surface area contributed by atoms with E-state index in [-0.39, 0.29) is 0 Å². The zero-order valence-electron chi connectivity index (χ0n) is 9.47. The Kier molecular flexibility index (Phi) is 3.15. The number of nitrogens with zero attached hydrogens (tertiary/aromatic N) is 2. The molecule has 0 unspecified atom stereocenters. The lowest BCUT2D eigenvalue weighted by molar-refractivity contribution is 0.340. The molecule has 2 aromatic heterocycles. The van der Waals surface area contributed by atoms with Gasteiger partial charge in [-0.15, -0.1) is 0 Å². The number of aryl methyl sites for hydroxylation is 1. The molecule has 0 aliphatic rings. The van der Waals surface area contributed by atoms with Gasteiger partial charge in [0.15, 0.2) is 0 Å². The van der Waals surface area contributed by atoms with Crippen LogP contribution in [0.2, 0.25) is 0 Å². The lowest BCUT2D eigenvalue weighted by Crippen LogP contribution is -1.93. The third-order valence-electron chi connectivity index (χ3n) is 2.22.